The van der Waals surface area contributed by atoms with Crippen molar-refractivity contribution < 1.29 is 19.1 Å². The van der Waals surface area contributed by atoms with Gasteiger partial charge in [0.1, 0.15) is 0 Å². The van der Waals surface area contributed by atoms with E-state index in [2.05, 4.69) is 15.9 Å². The average molecular weight is 295 g/mol. The highest BCUT2D eigenvalue weighted by Crippen LogP contribution is 2.16. The summed E-state index contributed by atoms with van der Waals surface area (Å²) in [7, 11) is 0. The summed E-state index contributed by atoms with van der Waals surface area (Å²) in [5, 5.41) is -0.307. The third kappa shape index (κ3) is 7.68. The van der Waals surface area contributed by atoms with Crippen molar-refractivity contribution >= 4 is 27.9 Å². The highest BCUT2D eigenvalue weighted by atomic mass is 79.9. The van der Waals surface area contributed by atoms with Gasteiger partial charge in [0.05, 0.1) is 12.0 Å². The zero-order valence-electron chi connectivity index (χ0n) is 10.2. The summed E-state index contributed by atoms with van der Waals surface area (Å²) in [6, 6.07) is 0. The van der Waals surface area contributed by atoms with Crippen LogP contribution in [0.4, 0.5) is 0 Å². The number of hydrogen-bond donors (Lipinski definition) is 0. The molecular weight excluding hydrogens is 276 g/mol. The molecule has 0 aromatic heterocycles. The maximum absolute atomic E-state index is 11.4. The van der Waals surface area contributed by atoms with Gasteiger partial charge in [-0.1, -0.05) is 0 Å². The Morgan fingerprint density at radius 3 is 2.31 bits per heavy atom. The number of alkyl halides is 1. The van der Waals surface area contributed by atoms with Gasteiger partial charge in [-0.2, -0.15) is 0 Å². The minimum absolute atomic E-state index is 0.217. The monoisotopic (exact) mass is 294 g/mol. The van der Waals surface area contributed by atoms with Crippen LogP contribution in [0.25, 0.3) is 0 Å². The number of rotatable bonds is 5. The molecule has 0 aromatic carbocycles. The molecule has 16 heavy (non-hydrogen) atoms. The Kier molecular flexibility index (Phi) is 6.64. The molecule has 0 fully saturated rings. The van der Waals surface area contributed by atoms with E-state index in [4.69, 9.17) is 9.47 Å². The summed E-state index contributed by atoms with van der Waals surface area (Å²) in [6.45, 7) is 7.12. The number of esters is 2. The van der Waals surface area contributed by atoms with E-state index < -0.39 is 5.41 Å². The maximum atomic E-state index is 11.4. The third-order valence-corrected chi connectivity index (χ3v) is 2.36. The predicted octanol–water partition coefficient (Wildman–Crippen LogP) is 2.64. The fourth-order valence-electron chi connectivity index (χ4n) is 0.864. The van der Waals surface area contributed by atoms with Gasteiger partial charge in [0, 0.05) is 6.92 Å². The second kappa shape index (κ2) is 6.89. The Balaban J connectivity index is 3.61. The van der Waals surface area contributed by atoms with Gasteiger partial charge >= 0.3 is 11.9 Å². The van der Waals surface area contributed by atoms with Crippen LogP contribution in [-0.4, -0.2) is 23.6 Å². The maximum Gasteiger partial charge on any atom is 0.311 e. The van der Waals surface area contributed by atoms with Crippen LogP contribution >= 0.6 is 15.9 Å². The van der Waals surface area contributed by atoms with Gasteiger partial charge in [0.15, 0.2) is 5.01 Å². The minimum atomic E-state index is -0.469. The molecule has 0 aliphatic heterocycles. The van der Waals surface area contributed by atoms with Crippen LogP contribution in [0.15, 0.2) is 0 Å². The van der Waals surface area contributed by atoms with Gasteiger partial charge in [0.2, 0.25) is 0 Å². The van der Waals surface area contributed by atoms with Crippen molar-refractivity contribution in [2.45, 2.75) is 45.5 Å². The van der Waals surface area contributed by atoms with E-state index in [1.807, 2.05) is 20.8 Å². The SMILES string of the molecule is CC(=O)OC(Br)CCCOC(=O)C(C)(C)C. The van der Waals surface area contributed by atoms with Gasteiger partial charge in [-0.15, -0.1) is 0 Å². The number of carbonyl (C=O) groups is 2. The number of halogens is 1. The van der Waals surface area contributed by atoms with E-state index in [1.165, 1.54) is 6.92 Å². The Morgan fingerprint density at radius 1 is 1.31 bits per heavy atom. The molecule has 0 bridgehead atoms. The molecule has 1 unspecified atom stereocenters. The lowest BCUT2D eigenvalue weighted by molar-refractivity contribution is -0.153. The minimum Gasteiger partial charge on any atom is -0.465 e. The van der Waals surface area contributed by atoms with E-state index in [-0.39, 0.29) is 17.0 Å². The lowest BCUT2D eigenvalue weighted by Gasteiger charge is -2.16. The van der Waals surface area contributed by atoms with E-state index in [0.717, 1.165) is 0 Å². The van der Waals surface area contributed by atoms with Crippen molar-refractivity contribution in [3.05, 3.63) is 0 Å². The number of hydrogen-bond acceptors (Lipinski definition) is 4. The van der Waals surface area contributed by atoms with Crippen molar-refractivity contribution in [3.63, 3.8) is 0 Å². The van der Waals surface area contributed by atoms with E-state index in [0.29, 0.717) is 19.4 Å². The summed E-state index contributed by atoms with van der Waals surface area (Å²) < 4.78 is 9.92. The fourth-order valence-corrected chi connectivity index (χ4v) is 1.45. The Hall–Kier alpha value is -0.580. The molecule has 0 rings (SSSR count). The molecule has 0 aromatic rings. The van der Waals surface area contributed by atoms with Crippen LogP contribution in [0.5, 0.6) is 0 Å². The summed E-state index contributed by atoms with van der Waals surface area (Å²) in [6.07, 6.45) is 1.28. The Morgan fingerprint density at radius 2 is 1.88 bits per heavy atom. The van der Waals surface area contributed by atoms with E-state index in [1.54, 1.807) is 0 Å². The standard InChI is InChI=1S/C11H19BrO4/c1-8(13)16-9(12)6-5-7-15-10(14)11(2,3)4/h9H,5-7H2,1-4H3. The first-order valence-electron chi connectivity index (χ1n) is 5.22. The zero-order chi connectivity index (χ0) is 12.8. The average Bonchev–Trinajstić information content (AvgIpc) is 2.09. The van der Waals surface area contributed by atoms with Crippen molar-refractivity contribution in [3.8, 4) is 0 Å². The van der Waals surface area contributed by atoms with Crippen LogP contribution in [0.2, 0.25) is 0 Å². The molecule has 0 aliphatic rings. The van der Waals surface area contributed by atoms with Gasteiger partial charge in [-0.05, 0) is 49.5 Å². The smallest absolute Gasteiger partial charge is 0.311 e. The number of ether oxygens (including phenoxy) is 2. The molecule has 0 saturated heterocycles. The molecule has 5 heteroatoms. The fraction of sp³-hybridized carbons (Fsp3) is 0.818. The summed E-state index contributed by atoms with van der Waals surface area (Å²) >= 11 is 3.20. The van der Waals surface area contributed by atoms with Gasteiger partial charge in [-0.3, -0.25) is 9.59 Å². The molecule has 0 amide bonds. The second-order valence-electron chi connectivity index (χ2n) is 4.55. The first kappa shape index (κ1) is 15.4. The van der Waals surface area contributed by atoms with Crippen molar-refractivity contribution in [1.82, 2.24) is 0 Å². The van der Waals surface area contributed by atoms with Crippen LogP contribution < -0.4 is 0 Å². The number of carbonyl (C=O) groups excluding carboxylic acids is 2. The molecule has 94 valence electrons. The lowest BCUT2D eigenvalue weighted by Crippen LogP contribution is -2.23. The summed E-state index contributed by atoms with van der Waals surface area (Å²) in [5.74, 6) is -0.542. The topological polar surface area (TPSA) is 52.6 Å². The molecule has 0 heterocycles. The molecule has 0 N–H and O–H groups in total. The highest BCUT2D eigenvalue weighted by molar-refractivity contribution is 9.09. The summed E-state index contributed by atoms with van der Waals surface area (Å²) in [5.41, 5.74) is -0.469. The van der Waals surface area contributed by atoms with Crippen molar-refractivity contribution in [2.75, 3.05) is 6.61 Å². The summed E-state index contributed by atoms with van der Waals surface area (Å²) in [4.78, 5) is 22.0. The Bertz CT molecular complexity index is 245. The molecule has 0 saturated carbocycles. The van der Waals surface area contributed by atoms with Crippen LogP contribution in [0.3, 0.4) is 0 Å². The van der Waals surface area contributed by atoms with Crippen molar-refractivity contribution in [1.29, 1.82) is 0 Å². The normalized spacial score (nSPS) is 13.1. The zero-order valence-corrected chi connectivity index (χ0v) is 11.8. The molecule has 4 nitrogen and oxygen atoms in total. The first-order valence-corrected chi connectivity index (χ1v) is 6.13. The van der Waals surface area contributed by atoms with Gasteiger partial charge < -0.3 is 9.47 Å². The van der Waals surface area contributed by atoms with E-state index >= 15 is 0 Å². The third-order valence-electron chi connectivity index (χ3n) is 1.71. The molecule has 1 atom stereocenters. The largest absolute Gasteiger partial charge is 0.465 e. The highest BCUT2D eigenvalue weighted by Gasteiger charge is 2.22. The van der Waals surface area contributed by atoms with Gasteiger partial charge in [0.25, 0.3) is 0 Å². The second-order valence-corrected chi connectivity index (χ2v) is 5.57. The van der Waals surface area contributed by atoms with Crippen LogP contribution in [0.1, 0.15) is 40.5 Å². The van der Waals surface area contributed by atoms with E-state index in [9.17, 15) is 9.59 Å². The van der Waals surface area contributed by atoms with Gasteiger partial charge in [-0.25, -0.2) is 0 Å². The van der Waals surface area contributed by atoms with Crippen LogP contribution in [-0.2, 0) is 19.1 Å². The Labute approximate surface area is 105 Å². The molecule has 0 spiro atoms. The predicted molar refractivity (Wildman–Crippen MR) is 64.1 cm³/mol. The first-order chi connectivity index (χ1) is 7.23. The molecule has 0 aliphatic carbocycles. The van der Waals surface area contributed by atoms with Crippen molar-refractivity contribution in [2.24, 2.45) is 5.41 Å². The van der Waals surface area contributed by atoms with Crippen LogP contribution in [0, 0.1) is 5.41 Å². The molecular formula is C11H19BrO4. The molecule has 0 radical (unpaired) electrons. The quantitative estimate of drug-likeness (QED) is 0.444. The lowest BCUT2D eigenvalue weighted by atomic mass is 9.97.